The van der Waals surface area contributed by atoms with E-state index < -0.39 is 5.97 Å². The third-order valence-corrected chi connectivity index (χ3v) is 5.85. The van der Waals surface area contributed by atoms with E-state index in [4.69, 9.17) is 4.74 Å². The molecule has 1 aliphatic heterocycles. The van der Waals surface area contributed by atoms with Crippen LogP contribution in [-0.2, 0) is 14.3 Å². The molecule has 31 heavy (non-hydrogen) atoms. The van der Waals surface area contributed by atoms with Gasteiger partial charge in [0.1, 0.15) is 0 Å². The number of anilines is 2. The number of esters is 1. The van der Waals surface area contributed by atoms with Gasteiger partial charge < -0.3 is 4.74 Å². The minimum absolute atomic E-state index is 0.137. The molecular formula is C24H21N3O3S. The lowest BCUT2D eigenvalue weighted by Gasteiger charge is -2.21. The van der Waals surface area contributed by atoms with Gasteiger partial charge in [-0.05, 0) is 56.2 Å². The number of cyclic esters (lactones) is 1. The van der Waals surface area contributed by atoms with Gasteiger partial charge in [0.25, 0.3) is 0 Å². The number of aliphatic imine (C=N–C) groups is 1. The van der Waals surface area contributed by atoms with Crippen molar-refractivity contribution in [2.45, 2.75) is 27.7 Å². The van der Waals surface area contributed by atoms with Crippen molar-refractivity contribution in [3.63, 3.8) is 0 Å². The fraction of sp³-hybridized carbons (Fsp3) is 0.167. The molecule has 0 fully saturated rings. The van der Waals surface area contributed by atoms with Crippen molar-refractivity contribution < 1.29 is 14.3 Å². The molecule has 0 bridgehead atoms. The van der Waals surface area contributed by atoms with Crippen LogP contribution in [0.25, 0.3) is 6.08 Å². The average Bonchev–Trinajstić information content (AvgIpc) is 3.32. The fourth-order valence-corrected chi connectivity index (χ4v) is 4.12. The molecule has 2 aromatic carbocycles. The summed E-state index contributed by atoms with van der Waals surface area (Å²) >= 11 is 1.33. The third-order valence-electron chi connectivity index (χ3n) is 5.00. The number of hydrogen-bond donors (Lipinski definition) is 0. The number of hydrogen-bond acceptors (Lipinski definition) is 6. The second-order valence-corrected chi connectivity index (χ2v) is 8.17. The van der Waals surface area contributed by atoms with Gasteiger partial charge in [0.15, 0.2) is 10.8 Å². The van der Waals surface area contributed by atoms with E-state index in [1.54, 1.807) is 16.4 Å². The Morgan fingerprint density at radius 3 is 2.65 bits per heavy atom. The van der Waals surface area contributed by atoms with Crippen LogP contribution in [-0.4, -0.2) is 22.8 Å². The molecule has 1 amide bonds. The summed E-state index contributed by atoms with van der Waals surface area (Å²) in [6.07, 6.45) is 1.58. The standard InChI is InChI=1S/C24H21N3O3S/c1-14-7-5-9-18(11-14)22-26-20(23(29)30-22)12-19-13-31-24(25-19)27(17(4)28)21-10-6-8-15(2)16(21)3/h5-13H,1-4H3/b20-12-. The van der Waals surface area contributed by atoms with Crippen molar-refractivity contribution in [2.75, 3.05) is 4.90 Å². The minimum Gasteiger partial charge on any atom is -0.402 e. The van der Waals surface area contributed by atoms with Crippen molar-refractivity contribution in [2.24, 2.45) is 4.99 Å². The van der Waals surface area contributed by atoms with Crippen molar-refractivity contribution in [3.05, 3.63) is 81.5 Å². The van der Waals surface area contributed by atoms with Crippen LogP contribution in [0.4, 0.5) is 10.8 Å². The van der Waals surface area contributed by atoms with E-state index in [9.17, 15) is 9.59 Å². The van der Waals surface area contributed by atoms with Crippen LogP contribution in [0.15, 0.2) is 58.5 Å². The number of aryl methyl sites for hydroxylation is 2. The SMILES string of the molecule is CC(=O)N(c1nc(/C=C2\N=C(c3cccc(C)c3)OC2=O)cs1)c1cccc(C)c1C. The highest BCUT2D eigenvalue weighted by molar-refractivity contribution is 7.14. The van der Waals surface area contributed by atoms with Crippen molar-refractivity contribution >= 4 is 46.0 Å². The van der Waals surface area contributed by atoms with Gasteiger partial charge >= 0.3 is 5.97 Å². The summed E-state index contributed by atoms with van der Waals surface area (Å²) < 4.78 is 5.33. The summed E-state index contributed by atoms with van der Waals surface area (Å²) in [5.74, 6) is -0.387. The van der Waals surface area contributed by atoms with Gasteiger partial charge in [0, 0.05) is 17.9 Å². The highest BCUT2D eigenvalue weighted by Gasteiger charge is 2.25. The molecule has 0 N–H and O–H groups in total. The number of amides is 1. The van der Waals surface area contributed by atoms with Gasteiger partial charge in [-0.3, -0.25) is 9.69 Å². The van der Waals surface area contributed by atoms with Gasteiger partial charge in [0.2, 0.25) is 11.8 Å². The Labute approximate surface area is 184 Å². The molecule has 7 heteroatoms. The lowest BCUT2D eigenvalue weighted by atomic mass is 10.1. The molecular weight excluding hydrogens is 410 g/mol. The normalized spacial score (nSPS) is 14.5. The second kappa shape index (κ2) is 8.28. The summed E-state index contributed by atoms with van der Waals surface area (Å²) in [6, 6.07) is 13.4. The van der Waals surface area contributed by atoms with Crippen LogP contribution in [0.2, 0.25) is 0 Å². The minimum atomic E-state index is -0.524. The first-order chi connectivity index (χ1) is 14.8. The maximum Gasteiger partial charge on any atom is 0.363 e. The van der Waals surface area contributed by atoms with Crippen molar-refractivity contribution in [1.29, 1.82) is 0 Å². The Morgan fingerprint density at radius 2 is 1.90 bits per heavy atom. The first-order valence-electron chi connectivity index (χ1n) is 9.75. The monoisotopic (exact) mass is 431 g/mol. The van der Waals surface area contributed by atoms with E-state index in [0.717, 1.165) is 27.9 Å². The highest BCUT2D eigenvalue weighted by atomic mass is 32.1. The first-order valence-corrected chi connectivity index (χ1v) is 10.6. The Morgan fingerprint density at radius 1 is 1.13 bits per heavy atom. The third kappa shape index (κ3) is 4.18. The predicted octanol–water partition coefficient (Wildman–Crippen LogP) is 5.10. The molecule has 1 aromatic heterocycles. The Kier molecular flexibility index (Phi) is 5.52. The van der Waals surface area contributed by atoms with E-state index in [1.165, 1.54) is 18.3 Å². The quantitative estimate of drug-likeness (QED) is 0.426. The smallest absolute Gasteiger partial charge is 0.363 e. The lowest BCUT2D eigenvalue weighted by molar-refractivity contribution is -0.130. The maximum atomic E-state index is 12.4. The number of carbonyl (C=O) groups is 2. The first kappa shape index (κ1) is 20.7. The Balaban J connectivity index is 1.66. The molecule has 1 aliphatic rings. The molecule has 0 atom stereocenters. The number of nitrogens with zero attached hydrogens (tertiary/aromatic N) is 3. The number of aromatic nitrogens is 1. The van der Waals surface area contributed by atoms with Gasteiger partial charge in [-0.2, -0.15) is 0 Å². The summed E-state index contributed by atoms with van der Waals surface area (Å²) in [5, 5.41) is 2.32. The molecule has 4 rings (SSSR count). The Bertz CT molecular complexity index is 1260. The van der Waals surface area contributed by atoms with E-state index >= 15 is 0 Å². The lowest BCUT2D eigenvalue weighted by Crippen LogP contribution is -2.23. The molecule has 0 radical (unpaired) electrons. The molecule has 0 aliphatic carbocycles. The van der Waals surface area contributed by atoms with Crippen LogP contribution in [0, 0.1) is 20.8 Å². The second-order valence-electron chi connectivity index (χ2n) is 7.33. The molecule has 2 heterocycles. The summed E-state index contributed by atoms with van der Waals surface area (Å²) in [4.78, 5) is 35.2. The van der Waals surface area contributed by atoms with Crippen LogP contribution >= 0.6 is 11.3 Å². The van der Waals surface area contributed by atoms with Gasteiger partial charge in [0.05, 0.1) is 11.4 Å². The molecule has 0 saturated carbocycles. The van der Waals surface area contributed by atoms with Gasteiger partial charge in [-0.1, -0.05) is 29.8 Å². The number of benzene rings is 2. The van der Waals surface area contributed by atoms with Crippen LogP contribution in [0.5, 0.6) is 0 Å². The number of thiazole rings is 1. The van der Waals surface area contributed by atoms with Crippen LogP contribution in [0.1, 0.15) is 34.9 Å². The summed E-state index contributed by atoms with van der Waals surface area (Å²) in [5.41, 5.74) is 5.41. The number of ether oxygens (including phenoxy) is 1. The molecule has 156 valence electrons. The predicted molar refractivity (Wildman–Crippen MR) is 123 cm³/mol. The number of carbonyl (C=O) groups excluding carboxylic acids is 2. The highest BCUT2D eigenvalue weighted by Crippen LogP contribution is 2.33. The van der Waals surface area contributed by atoms with Gasteiger partial charge in [-0.25, -0.2) is 14.8 Å². The zero-order valence-corrected chi connectivity index (χ0v) is 18.5. The van der Waals surface area contributed by atoms with E-state index in [1.807, 2.05) is 63.2 Å². The largest absolute Gasteiger partial charge is 0.402 e. The Hall–Kier alpha value is -3.58. The number of rotatable bonds is 4. The van der Waals surface area contributed by atoms with Crippen LogP contribution in [0.3, 0.4) is 0 Å². The van der Waals surface area contributed by atoms with Crippen LogP contribution < -0.4 is 4.90 Å². The average molecular weight is 432 g/mol. The fourth-order valence-electron chi connectivity index (χ4n) is 3.28. The molecule has 0 spiro atoms. The van der Waals surface area contributed by atoms with Gasteiger partial charge in [-0.15, -0.1) is 11.3 Å². The summed E-state index contributed by atoms with van der Waals surface area (Å²) in [7, 11) is 0. The zero-order chi connectivity index (χ0) is 22.1. The molecule has 0 unspecified atom stereocenters. The topological polar surface area (TPSA) is 71.9 Å². The molecule has 6 nitrogen and oxygen atoms in total. The molecule has 0 saturated heterocycles. The van der Waals surface area contributed by atoms with E-state index in [-0.39, 0.29) is 17.5 Å². The molecule has 3 aromatic rings. The van der Waals surface area contributed by atoms with Crippen molar-refractivity contribution in [1.82, 2.24) is 4.98 Å². The van der Waals surface area contributed by atoms with E-state index in [2.05, 4.69) is 9.98 Å². The maximum absolute atomic E-state index is 12.4. The van der Waals surface area contributed by atoms with Crippen molar-refractivity contribution in [3.8, 4) is 0 Å². The van der Waals surface area contributed by atoms with E-state index in [0.29, 0.717) is 10.8 Å². The zero-order valence-electron chi connectivity index (χ0n) is 17.7. The summed E-state index contributed by atoms with van der Waals surface area (Å²) in [6.45, 7) is 7.46.